The molecule has 1 fully saturated rings. The molecule has 19 nitrogen and oxygen atoms in total. The van der Waals surface area contributed by atoms with E-state index in [9.17, 15) is 33.4 Å². The molecule has 0 aliphatic heterocycles. The molecule has 0 spiro atoms. The number of ether oxygens (including phenoxy) is 6. The van der Waals surface area contributed by atoms with Crippen molar-refractivity contribution in [3.05, 3.63) is 0 Å². The predicted octanol–water partition coefficient (Wildman–Crippen LogP) is 0.0232. The molecule has 1 aliphatic carbocycles. The first-order valence-electron chi connectivity index (χ1n) is 19.0. The van der Waals surface area contributed by atoms with Crippen molar-refractivity contribution in [1.82, 2.24) is 26.6 Å². The van der Waals surface area contributed by atoms with Crippen molar-refractivity contribution in [2.75, 3.05) is 100 Å². The zero-order valence-electron chi connectivity index (χ0n) is 33.2. The summed E-state index contributed by atoms with van der Waals surface area (Å²) in [6, 6.07) is -2.15. The summed E-state index contributed by atoms with van der Waals surface area (Å²) in [4.78, 5) is 75.6. The molecule has 0 bridgehead atoms. The van der Waals surface area contributed by atoms with E-state index >= 15 is 0 Å². The van der Waals surface area contributed by atoms with Gasteiger partial charge in [0, 0.05) is 59.7 Å². The predicted molar refractivity (Wildman–Crippen MR) is 201 cm³/mol. The van der Waals surface area contributed by atoms with E-state index in [-0.39, 0.29) is 77.0 Å². The maximum Gasteiger partial charge on any atom is 0.330 e. The van der Waals surface area contributed by atoms with Gasteiger partial charge in [0.15, 0.2) is 0 Å². The smallest absolute Gasteiger partial charge is 0.330 e. The number of carbonyl (C=O) groups excluding carboxylic acids is 5. The van der Waals surface area contributed by atoms with Gasteiger partial charge >= 0.3 is 7.60 Å². The Bertz CT molecular complexity index is 1160. The normalized spacial score (nSPS) is 17.8. The minimum absolute atomic E-state index is 0.00249. The fraction of sp³-hybridized carbons (Fsp3) is 0.857. The van der Waals surface area contributed by atoms with E-state index in [1.165, 1.54) is 0 Å². The van der Waals surface area contributed by atoms with E-state index in [1.54, 1.807) is 35.2 Å². The summed E-state index contributed by atoms with van der Waals surface area (Å²) in [6.45, 7) is 6.76. The van der Waals surface area contributed by atoms with Crippen LogP contribution in [0, 0.1) is 5.92 Å². The summed E-state index contributed by atoms with van der Waals surface area (Å²) in [5.74, 6) is -2.77. The standard InChI is InChI=1S/C35H66N5O14P/c1-26(2)55(46,47)54-28-8-6-27(7-9-28)33(43)40-30(35(45)38-16-19-53-25-22-50-5)11-13-32(42)39-29(34(44)37-15-18-52-24-21-49-4)10-12-31(41)36-14-17-51-23-20-48-3/h26-30H,6-25H2,1-5H3,(H,36,41)(H,37,44)(H,38,45)(H,39,42)(H,40,43)(H,46,47). The lowest BCUT2D eigenvalue weighted by Crippen LogP contribution is -2.51. The first-order chi connectivity index (χ1) is 26.3. The van der Waals surface area contributed by atoms with Crippen LogP contribution in [0.2, 0.25) is 0 Å². The van der Waals surface area contributed by atoms with Crippen LogP contribution in [-0.2, 0) is 61.5 Å². The maximum atomic E-state index is 13.3. The molecule has 3 atom stereocenters. The highest BCUT2D eigenvalue weighted by atomic mass is 31.2. The summed E-state index contributed by atoms with van der Waals surface area (Å²) in [5.41, 5.74) is -0.549. The molecule has 3 unspecified atom stereocenters. The lowest BCUT2D eigenvalue weighted by molar-refractivity contribution is -0.133. The van der Waals surface area contributed by atoms with Crippen LogP contribution in [0.15, 0.2) is 0 Å². The largest absolute Gasteiger partial charge is 0.382 e. The van der Waals surface area contributed by atoms with Crippen LogP contribution in [0.3, 0.4) is 0 Å². The molecule has 0 aromatic rings. The molecule has 320 valence electrons. The molecule has 1 rings (SSSR count). The first-order valence-corrected chi connectivity index (χ1v) is 20.6. The minimum Gasteiger partial charge on any atom is -0.382 e. The van der Waals surface area contributed by atoms with Gasteiger partial charge in [0.2, 0.25) is 29.5 Å². The Morgan fingerprint density at radius 3 is 1.51 bits per heavy atom. The Morgan fingerprint density at radius 1 is 0.618 bits per heavy atom. The highest BCUT2D eigenvalue weighted by Gasteiger charge is 2.34. The summed E-state index contributed by atoms with van der Waals surface area (Å²) >= 11 is 0. The van der Waals surface area contributed by atoms with Crippen LogP contribution in [0.1, 0.15) is 65.2 Å². The van der Waals surface area contributed by atoms with Crippen LogP contribution in [0.25, 0.3) is 0 Å². The quantitative estimate of drug-likeness (QED) is 0.0388. The van der Waals surface area contributed by atoms with Gasteiger partial charge in [0.1, 0.15) is 12.1 Å². The van der Waals surface area contributed by atoms with Crippen molar-refractivity contribution < 1.29 is 66.4 Å². The van der Waals surface area contributed by atoms with E-state index in [1.807, 2.05) is 0 Å². The fourth-order valence-corrected chi connectivity index (χ4v) is 6.11. The van der Waals surface area contributed by atoms with E-state index in [2.05, 4.69) is 26.6 Å². The number of methoxy groups -OCH3 is 3. The van der Waals surface area contributed by atoms with Crippen LogP contribution in [-0.4, -0.2) is 159 Å². The van der Waals surface area contributed by atoms with E-state index in [4.69, 9.17) is 32.9 Å². The molecule has 5 amide bonds. The Balaban J connectivity index is 2.87. The highest BCUT2D eigenvalue weighted by molar-refractivity contribution is 7.53. The van der Waals surface area contributed by atoms with Gasteiger partial charge in [-0.3, -0.25) is 28.5 Å². The molecule has 0 saturated heterocycles. The topological polar surface area (TPSA) is 247 Å². The Kier molecular flexibility index (Phi) is 27.8. The third-order valence-corrected chi connectivity index (χ3v) is 10.5. The maximum absolute atomic E-state index is 13.3. The van der Waals surface area contributed by atoms with Crippen molar-refractivity contribution in [2.45, 2.75) is 89.1 Å². The van der Waals surface area contributed by atoms with Gasteiger partial charge in [-0.1, -0.05) is 13.8 Å². The molecule has 0 heterocycles. The van der Waals surface area contributed by atoms with Crippen molar-refractivity contribution >= 4 is 37.1 Å². The van der Waals surface area contributed by atoms with E-state index in [0.717, 1.165) is 0 Å². The second kappa shape index (κ2) is 30.4. The Labute approximate surface area is 325 Å². The molecule has 6 N–H and O–H groups in total. The first kappa shape index (κ1) is 50.3. The Morgan fingerprint density at radius 2 is 1.05 bits per heavy atom. The van der Waals surface area contributed by atoms with Crippen molar-refractivity contribution in [3.8, 4) is 0 Å². The van der Waals surface area contributed by atoms with Gasteiger partial charge in [-0.05, 0) is 38.5 Å². The molecule has 20 heteroatoms. The van der Waals surface area contributed by atoms with E-state index < -0.39 is 55.1 Å². The molecule has 1 saturated carbocycles. The summed E-state index contributed by atoms with van der Waals surface area (Å²) in [5, 5.41) is 13.6. The van der Waals surface area contributed by atoms with Crippen LogP contribution >= 0.6 is 7.60 Å². The van der Waals surface area contributed by atoms with Gasteiger partial charge in [-0.2, -0.15) is 0 Å². The van der Waals surface area contributed by atoms with Gasteiger partial charge in [-0.25, -0.2) is 0 Å². The molecule has 0 radical (unpaired) electrons. The summed E-state index contributed by atoms with van der Waals surface area (Å²) in [7, 11) is 0.874. The zero-order valence-corrected chi connectivity index (χ0v) is 34.1. The Hall–Kier alpha value is -2.74. The van der Waals surface area contributed by atoms with Crippen LogP contribution < -0.4 is 26.6 Å². The van der Waals surface area contributed by atoms with Gasteiger partial charge in [0.05, 0.1) is 71.2 Å². The van der Waals surface area contributed by atoms with Crippen molar-refractivity contribution in [1.29, 1.82) is 0 Å². The number of carbonyl (C=O) groups is 5. The van der Waals surface area contributed by atoms with Gasteiger partial charge < -0.3 is 64.4 Å². The van der Waals surface area contributed by atoms with Gasteiger partial charge in [0.25, 0.3) is 0 Å². The second-order valence-corrected chi connectivity index (χ2v) is 15.6. The lowest BCUT2D eigenvalue weighted by Gasteiger charge is -2.30. The molecular weight excluding hydrogens is 745 g/mol. The monoisotopic (exact) mass is 811 g/mol. The average molecular weight is 812 g/mol. The molecule has 0 aromatic heterocycles. The van der Waals surface area contributed by atoms with Crippen LogP contribution in [0.5, 0.6) is 0 Å². The number of nitrogens with one attached hydrogen (secondary N) is 5. The number of amides is 5. The van der Waals surface area contributed by atoms with Crippen LogP contribution in [0.4, 0.5) is 0 Å². The number of rotatable bonds is 32. The minimum atomic E-state index is -3.77. The number of hydrogen-bond donors (Lipinski definition) is 6. The van der Waals surface area contributed by atoms with Gasteiger partial charge in [-0.15, -0.1) is 0 Å². The average Bonchev–Trinajstić information content (AvgIpc) is 3.15. The fourth-order valence-electron chi connectivity index (χ4n) is 5.23. The molecule has 0 aromatic carbocycles. The zero-order chi connectivity index (χ0) is 40.9. The molecular formula is C35H66N5O14P. The lowest BCUT2D eigenvalue weighted by atomic mass is 9.86. The number of hydrogen-bond acceptors (Lipinski definition) is 13. The third kappa shape index (κ3) is 23.8. The molecule has 55 heavy (non-hydrogen) atoms. The van der Waals surface area contributed by atoms with E-state index in [0.29, 0.717) is 65.3 Å². The second-order valence-electron chi connectivity index (χ2n) is 13.2. The van der Waals surface area contributed by atoms with Crippen molar-refractivity contribution in [2.24, 2.45) is 5.92 Å². The summed E-state index contributed by atoms with van der Waals surface area (Å²) in [6.07, 6.45) is 0.749. The third-order valence-electron chi connectivity index (χ3n) is 8.56. The van der Waals surface area contributed by atoms with Crippen molar-refractivity contribution in [3.63, 3.8) is 0 Å². The SMILES string of the molecule is COCCOCCNC(=O)CCC(NC(=O)CCC(NC(=O)C1CCC(OP(=O)(O)C(C)C)CC1)C(=O)NCCOCCOC)C(=O)NCCOCCOC. The molecule has 1 aliphatic rings. The summed E-state index contributed by atoms with van der Waals surface area (Å²) < 4.78 is 48.7. The highest BCUT2D eigenvalue weighted by Crippen LogP contribution is 2.50.